The Labute approximate surface area is 239 Å². The number of carbonyl (C=O) groups is 2. The van der Waals surface area contributed by atoms with Crippen LogP contribution >= 0.6 is 19.6 Å². The maximum Gasteiger partial charge on any atom is 0.475 e. The molecule has 5 N–H and O–H groups in total. The molecular formula is C23H34FN6O9PS. The quantitative estimate of drug-likeness (QED) is 0.197. The maximum atomic E-state index is 16.1. The van der Waals surface area contributed by atoms with E-state index in [0.29, 0.717) is 0 Å². The molecule has 2 aliphatic heterocycles. The molecule has 2 saturated heterocycles. The number of ether oxygens (including phenoxy) is 2. The Morgan fingerprint density at radius 1 is 1.39 bits per heavy atom. The summed E-state index contributed by atoms with van der Waals surface area (Å²) < 4.78 is 57.7. The molecule has 41 heavy (non-hydrogen) atoms. The summed E-state index contributed by atoms with van der Waals surface area (Å²) in [6.45, 7) is 7.35. The number of esters is 1. The molecule has 2 aromatic rings. The molecule has 4 heterocycles. The van der Waals surface area contributed by atoms with Gasteiger partial charge in [-0.1, -0.05) is 25.6 Å². The molecule has 6 atom stereocenters. The van der Waals surface area contributed by atoms with Crippen LogP contribution in [0, 0.1) is 11.3 Å². The molecule has 2 aliphatic rings. The number of halogens is 1. The van der Waals surface area contributed by atoms with Crippen LogP contribution in [-0.2, 0) is 37.2 Å². The van der Waals surface area contributed by atoms with Crippen LogP contribution in [0.5, 0.6) is 5.88 Å². The van der Waals surface area contributed by atoms with Crippen molar-refractivity contribution in [2.24, 2.45) is 17.1 Å². The van der Waals surface area contributed by atoms with E-state index >= 15 is 4.39 Å². The number of carbonyl (C=O) groups excluding carboxylic acids is 2. The zero-order valence-electron chi connectivity index (χ0n) is 23.2. The Balaban J connectivity index is 1.32. The SMILES string of the molecule is CC(C)[C@H](N)C(=O)OCC(C)(C)C(=O)SCCO[P@]1(=O)OC[C@H]2O[C@@H](n3cnc4c(O)nc(N)nc43)[C@](C)(F)[C@@H]2O1. The predicted octanol–water partition coefficient (Wildman–Crippen LogP) is 2.09. The Kier molecular flexibility index (Phi) is 9.00. The highest BCUT2D eigenvalue weighted by Gasteiger charge is 2.61. The van der Waals surface area contributed by atoms with E-state index < -0.39 is 55.2 Å². The molecule has 0 saturated carbocycles. The van der Waals surface area contributed by atoms with Crippen LogP contribution in [0.3, 0.4) is 0 Å². The highest BCUT2D eigenvalue weighted by molar-refractivity contribution is 8.13. The Hall–Kier alpha value is -2.40. The van der Waals surface area contributed by atoms with E-state index in [1.807, 2.05) is 0 Å². The van der Waals surface area contributed by atoms with E-state index in [0.717, 1.165) is 11.8 Å². The van der Waals surface area contributed by atoms with Gasteiger partial charge in [0.15, 0.2) is 28.2 Å². The van der Waals surface area contributed by atoms with Gasteiger partial charge in [-0.3, -0.25) is 27.7 Å². The molecule has 0 spiro atoms. The van der Waals surface area contributed by atoms with Gasteiger partial charge in [0, 0.05) is 5.75 Å². The molecule has 0 amide bonds. The van der Waals surface area contributed by atoms with Gasteiger partial charge >= 0.3 is 13.8 Å². The minimum absolute atomic E-state index is 0.00725. The fourth-order valence-corrected chi connectivity index (χ4v) is 6.54. The van der Waals surface area contributed by atoms with E-state index in [2.05, 4.69) is 15.0 Å². The standard InChI is InChI=1S/C23H34FN6O9PS/c1-11(2)13(25)18(32)35-9-22(3,4)20(33)41-7-6-36-40(34)37-8-12-15(39-40)23(5,24)19(38-12)30-10-27-14-16(30)28-21(26)29-17(14)31/h10-13,15,19H,6-9,25H2,1-5H3,(H3,26,28,29,31)/t12-,13+,15-,19-,23-,40-/m1/s1. The Morgan fingerprint density at radius 2 is 2.10 bits per heavy atom. The summed E-state index contributed by atoms with van der Waals surface area (Å²) in [5.41, 5.74) is 8.14. The molecule has 0 bridgehead atoms. The molecule has 2 aromatic heterocycles. The number of hydrogen-bond donors (Lipinski definition) is 3. The van der Waals surface area contributed by atoms with Gasteiger partial charge in [0.2, 0.25) is 11.8 Å². The fourth-order valence-electron chi connectivity index (χ4n) is 4.16. The zero-order valence-corrected chi connectivity index (χ0v) is 24.9. The monoisotopic (exact) mass is 620 g/mol. The van der Waals surface area contributed by atoms with Crippen molar-refractivity contribution < 1.29 is 46.7 Å². The minimum atomic E-state index is -4.22. The number of aromatic hydroxyl groups is 1. The smallest absolute Gasteiger partial charge is 0.475 e. The Morgan fingerprint density at radius 3 is 2.78 bits per heavy atom. The number of nitrogen functional groups attached to an aromatic ring is 1. The lowest BCUT2D eigenvalue weighted by atomic mass is 9.97. The van der Waals surface area contributed by atoms with Gasteiger partial charge in [0.25, 0.3) is 0 Å². The first-order chi connectivity index (χ1) is 19.1. The highest BCUT2D eigenvalue weighted by atomic mass is 32.2. The summed E-state index contributed by atoms with van der Waals surface area (Å²) in [6, 6.07) is -0.790. The lowest BCUT2D eigenvalue weighted by Crippen LogP contribution is -2.44. The van der Waals surface area contributed by atoms with Crippen molar-refractivity contribution in [2.75, 3.05) is 31.3 Å². The van der Waals surface area contributed by atoms with Crippen molar-refractivity contribution in [1.29, 1.82) is 0 Å². The third-order valence-corrected chi connectivity index (χ3v) is 9.31. The summed E-state index contributed by atoms with van der Waals surface area (Å²) in [7, 11) is -4.22. The first-order valence-corrected chi connectivity index (χ1v) is 15.2. The highest BCUT2D eigenvalue weighted by Crippen LogP contribution is 2.59. The van der Waals surface area contributed by atoms with Crippen molar-refractivity contribution in [3.05, 3.63) is 6.33 Å². The molecule has 15 nitrogen and oxygen atoms in total. The zero-order chi connectivity index (χ0) is 30.3. The second-order valence-electron chi connectivity index (χ2n) is 10.9. The molecule has 18 heteroatoms. The van der Waals surface area contributed by atoms with Crippen molar-refractivity contribution in [3.8, 4) is 5.88 Å². The van der Waals surface area contributed by atoms with Crippen LogP contribution in [-0.4, -0.2) is 85.2 Å². The molecular weight excluding hydrogens is 586 g/mol. The first-order valence-electron chi connectivity index (χ1n) is 12.8. The number of anilines is 1. The number of phosphoric ester groups is 1. The number of thioether (sulfide) groups is 1. The van der Waals surface area contributed by atoms with E-state index in [1.165, 1.54) is 17.8 Å². The number of alkyl halides is 1. The summed E-state index contributed by atoms with van der Waals surface area (Å²) >= 11 is 0.888. The van der Waals surface area contributed by atoms with Crippen LogP contribution in [0.15, 0.2) is 6.33 Å². The van der Waals surface area contributed by atoms with Crippen LogP contribution in [0.25, 0.3) is 11.2 Å². The molecule has 0 unspecified atom stereocenters. The maximum absolute atomic E-state index is 16.1. The van der Waals surface area contributed by atoms with Gasteiger partial charge in [-0.15, -0.1) is 0 Å². The summed E-state index contributed by atoms with van der Waals surface area (Å²) in [5, 5.41) is 9.70. The number of nitrogens with zero attached hydrogens (tertiary/aromatic N) is 4. The second kappa shape index (κ2) is 11.7. The van der Waals surface area contributed by atoms with E-state index in [-0.39, 0.29) is 53.7 Å². The van der Waals surface area contributed by atoms with E-state index in [1.54, 1.807) is 27.7 Å². The first kappa shape index (κ1) is 31.5. The second-order valence-corrected chi connectivity index (χ2v) is 13.6. The van der Waals surface area contributed by atoms with Gasteiger partial charge in [0.1, 0.15) is 24.9 Å². The van der Waals surface area contributed by atoms with Crippen LogP contribution in [0.2, 0.25) is 0 Å². The van der Waals surface area contributed by atoms with Crippen molar-refractivity contribution >= 4 is 47.8 Å². The minimum Gasteiger partial charge on any atom is -0.492 e. The predicted molar refractivity (Wildman–Crippen MR) is 144 cm³/mol. The number of hydrogen-bond acceptors (Lipinski definition) is 15. The van der Waals surface area contributed by atoms with Crippen molar-refractivity contribution in [1.82, 2.24) is 19.5 Å². The number of phosphoric acid groups is 1. The molecule has 2 fully saturated rings. The summed E-state index contributed by atoms with van der Waals surface area (Å²) in [4.78, 5) is 36.3. The third kappa shape index (κ3) is 6.50. The molecule has 228 valence electrons. The molecule has 4 rings (SSSR count). The molecule has 0 aromatic carbocycles. The average Bonchev–Trinajstić information content (AvgIpc) is 3.42. The Bertz CT molecular complexity index is 1360. The summed E-state index contributed by atoms with van der Waals surface area (Å²) in [5.74, 6) is -1.35. The van der Waals surface area contributed by atoms with Gasteiger partial charge in [-0.2, -0.15) is 9.97 Å². The van der Waals surface area contributed by atoms with E-state index in [9.17, 15) is 19.3 Å². The number of rotatable bonds is 10. The van der Waals surface area contributed by atoms with Gasteiger partial charge < -0.3 is 26.0 Å². The normalized spacial score (nSPS) is 29.0. The van der Waals surface area contributed by atoms with Crippen LogP contribution < -0.4 is 11.5 Å². The molecule has 0 radical (unpaired) electrons. The van der Waals surface area contributed by atoms with Gasteiger partial charge in [-0.25, -0.2) is 13.9 Å². The largest absolute Gasteiger partial charge is 0.492 e. The third-order valence-electron chi connectivity index (χ3n) is 6.68. The summed E-state index contributed by atoms with van der Waals surface area (Å²) in [6.07, 6.45) is -2.43. The van der Waals surface area contributed by atoms with Gasteiger partial charge in [-0.05, 0) is 26.7 Å². The number of aromatic nitrogens is 4. The number of nitrogens with two attached hydrogens (primary N) is 2. The van der Waals surface area contributed by atoms with E-state index in [4.69, 9.17) is 34.5 Å². The average molecular weight is 621 g/mol. The van der Waals surface area contributed by atoms with Crippen molar-refractivity contribution in [3.63, 3.8) is 0 Å². The fraction of sp³-hybridized carbons (Fsp3) is 0.696. The number of fused-ring (bicyclic) bond motifs is 2. The van der Waals surface area contributed by atoms with Crippen LogP contribution in [0.4, 0.5) is 10.3 Å². The van der Waals surface area contributed by atoms with Gasteiger partial charge in [0.05, 0.1) is 25.0 Å². The van der Waals surface area contributed by atoms with Crippen molar-refractivity contribution in [2.45, 2.75) is 64.8 Å². The lowest BCUT2D eigenvalue weighted by molar-refractivity contribution is -0.150. The molecule has 0 aliphatic carbocycles. The lowest BCUT2D eigenvalue weighted by Gasteiger charge is -2.33. The van der Waals surface area contributed by atoms with Crippen LogP contribution in [0.1, 0.15) is 40.8 Å². The topological polar surface area (TPSA) is 213 Å². The number of imidazole rings is 1.